The van der Waals surface area contributed by atoms with Crippen molar-refractivity contribution in [2.75, 3.05) is 6.61 Å². The van der Waals surface area contributed by atoms with Gasteiger partial charge in [-0.05, 0) is 19.1 Å². The van der Waals surface area contributed by atoms with Gasteiger partial charge in [0.2, 0.25) is 0 Å². The molecule has 0 aliphatic rings. The summed E-state index contributed by atoms with van der Waals surface area (Å²) in [6, 6.07) is 6.47. The molecule has 0 aliphatic carbocycles. The number of carbonyl (C=O) groups excluding carboxylic acids is 3. The smallest absolute Gasteiger partial charge is 0.398 e. The molecule has 2 rings (SSSR count). The van der Waals surface area contributed by atoms with E-state index in [9.17, 15) is 24.3 Å². The quantitative estimate of drug-likeness (QED) is 0.389. The molecule has 0 atom stereocenters. The van der Waals surface area contributed by atoms with Crippen LogP contribution in [0, 0.1) is 0 Å². The molecule has 126 valence electrons. The maximum absolute atomic E-state index is 12.3. The van der Waals surface area contributed by atoms with Crippen LogP contribution in [-0.2, 0) is 21.4 Å². The predicted octanol–water partition coefficient (Wildman–Crippen LogP) is -0.432. The summed E-state index contributed by atoms with van der Waals surface area (Å²) in [5.74, 6) is -3.97. The Labute approximate surface area is 135 Å². The number of amides is 2. The number of carbonyl (C=O) groups is 3. The van der Waals surface area contributed by atoms with Gasteiger partial charge < -0.3 is 14.4 Å². The van der Waals surface area contributed by atoms with Gasteiger partial charge in [0.1, 0.15) is 11.3 Å². The molecule has 0 aliphatic heterocycles. The maximum Gasteiger partial charge on any atom is 0.398 e. The standard InChI is InChI=1S/C15H15N3O6/c1-3-24-15(23)13(21)17-16-12(20)10-11(19)8-6-4-5-7-9(8)18(2)14(10)22/h4-7,19H,3H2,1-2H3,(H,16,20)(H,17,21). The molecule has 0 saturated heterocycles. The largest absolute Gasteiger partial charge is 0.506 e. The summed E-state index contributed by atoms with van der Waals surface area (Å²) in [5, 5.41) is 10.5. The first-order valence-electron chi connectivity index (χ1n) is 6.96. The highest BCUT2D eigenvalue weighted by molar-refractivity contribution is 6.32. The van der Waals surface area contributed by atoms with Crippen LogP contribution in [-0.4, -0.2) is 34.1 Å². The lowest BCUT2D eigenvalue weighted by Gasteiger charge is -2.12. The molecule has 24 heavy (non-hydrogen) atoms. The van der Waals surface area contributed by atoms with Crippen LogP contribution in [0.3, 0.4) is 0 Å². The number of hydrogen-bond acceptors (Lipinski definition) is 6. The zero-order valence-electron chi connectivity index (χ0n) is 13.0. The number of aryl methyl sites for hydroxylation is 1. The van der Waals surface area contributed by atoms with Crippen LogP contribution < -0.4 is 16.4 Å². The maximum atomic E-state index is 12.3. The van der Waals surface area contributed by atoms with Gasteiger partial charge in [-0.1, -0.05) is 12.1 Å². The molecule has 1 aromatic heterocycles. The van der Waals surface area contributed by atoms with E-state index < -0.39 is 34.7 Å². The Hall–Kier alpha value is -3.36. The van der Waals surface area contributed by atoms with Crippen molar-refractivity contribution in [1.29, 1.82) is 0 Å². The van der Waals surface area contributed by atoms with E-state index in [0.29, 0.717) is 10.9 Å². The molecule has 1 aromatic carbocycles. The lowest BCUT2D eigenvalue weighted by Crippen LogP contribution is -2.47. The van der Waals surface area contributed by atoms with Crippen LogP contribution in [0.25, 0.3) is 10.9 Å². The van der Waals surface area contributed by atoms with E-state index in [0.717, 1.165) is 0 Å². The number of nitrogens with one attached hydrogen (secondary N) is 2. The first kappa shape index (κ1) is 17.0. The number of hydrazine groups is 1. The summed E-state index contributed by atoms with van der Waals surface area (Å²) in [5.41, 5.74) is 2.84. The fourth-order valence-electron chi connectivity index (χ4n) is 2.11. The van der Waals surface area contributed by atoms with Crippen LogP contribution in [0.5, 0.6) is 5.75 Å². The van der Waals surface area contributed by atoms with Crippen LogP contribution in [0.4, 0.5) is 0 Å². The Morgan fingerprint density at radius 3 is 2.54 bits per heavy atom. The summed E-state index contributed by atoms with van der Waals surface area (Å²) < 4.78 is 5.64. The van der Waals surface area contributed by atoms with Crippen LogP contribution in [0.2, 0.25) is 0 Å². The number of benzene rings is 1. The first-order chi connectivity index (χ1) is 11.4. The fourth-order valence-corrected chi connectivity index (χ4v) is 2.11. The van der Waals surface area contributed by atoms with Gasteiger partial charge in [-0.2, -0.15) is 0 Å². The molecule has 0 bridgehead atoms. The van der Waals surface area contributed by atoms with Gasteiger partial charge in [0, 0.05) is 12.4 Å². The lowest BCUT2D eigenvalue weighted by atomic mass is 10.1. The van der Waals surface area contributed by atoms with Gasteiger partial charge in [0.05, 0.1) is 12.1 Å². The van der Waals surface area contributed by atoms with Crippen LogP contribution in [0.15, 0.2) is 29.1 Å². The summed E-state index contributed by atoms with van der Waals surface area (Å²) in [6.45, 7) is 1.51. The highest BCUT2D eigenvalue weighted by Crippen LogP contribution is 2.25. The molecule has 3 N–H and O–H groups in total. The number of nitrogens with zero attached hydrogens (tertiary/aromatic N) is 1. The number of esters is 1. The van der Waals surface area contributed by atoms with Crippen molar-refractivity contribution in [3.8, 4) is 5.75 Å². The second kappa shape index (κ2) is 6.82. The predicted molar refractivity (Wildman–Crippen MR) is 83.1 cm³/mol. The highest BCUT2D eigenvalue weighted by atomic mass is 16.5. The third-order valence-corrected chi connectivity index (χ3v) is 3.25. The Kier molecular flexibility index (Phi) is 4.83. The minimum atomic E-state index is -1.21. The Bertz CT molecular complexity index is 887. The van der Waals surface area contributed by atoms with Gasteiger partial charge in [-0.3, -0.25) is 25.2 Å². The molecule has 9 heteroatoms. The minimum Gasteiger partial charge on any atom is -0.506 e. The first-order valence-corrected chi connectivity index (χ1v) is 6.96. The van der Waals surface area contributed by atoms with E-state index in [2.05, 4.69) is 4.74 Å². The Morgan fingerprint density at radius 1 is 1.21 bits per heavy atom. The van der Waals surface area contributed by atoms with Crippen molar-refractivity contribution in [2.24, 2.45) is 7.05 Å². The van der Waals surface area contributed by atoms with Crippen molar-refractivity contribution in [3.63, 3.8) is 0 Å². The number of aromatic nitrogens is 1. The second-order valence-electron chi connectivity index (χ2n) is 4.73. The molecule has 0 saturated carbocycles. The minimum absolute atomic E-state index is 0.00773. The van der Waals surface area contributed by atoms with Gasteiger partial charge in [0.15, 0.2) is 0 Å². The van der Waals surface area contributed by atoms with Crippen molar-refractivity contribution < 1.29 is 24.2 Å². The van der Waals surface area contributed by atoms with E-state index in [1.165, 1.54) is 24.6 Å². The number of para-hydroxylation sites is 1. The SMILES string of the molecule is CCOC(=O)C(=O)NNC(=O)c1c(O)c2ccccc2n(C)c1=O. The molecule has 2 aromatic rings. The van der Waals surface area contributed by atoms with Crippen LogP contribution >= 0.6 is 0 Å². The van der Waals surface area contributed by atoms with E-state index in [4.69, 9.17) is 0 Å². The number of hydrogen-bond donors (Lipinski definition) is 3. The third-order valence-electron chi connectivity index (χ3n) is 3.25. The fraction of sp³-hybridized carbons (Fsp3) is 0.200. The lowest BCUT2D eigenvalue weighted by molar-refractivity contribution is -0.154. The average Bonchev–Trinajstić information content (AvgIpc) is 2.58. The van der Waals surface area contributed by atoms with Crippen molar-refractivity contribution in [1.82, 2.24) is 15.4 Å². The van der Waals surface area contributed by atoms with Gasteiger partial charge in [0.25, 0.3) is 11.5 Å². The topological polar surface area (TPSA) is 127 Å². The molecule has 0 unspecified atom stereocenters. The Balaban J connectivity index is 2.32. The van der Waals surface area contributed by atoms with Crippen LogP contribution in [0.1, 0.15) is 17.3 Å². The van der Waals surface area contributed by atoms with Gasteiger partial charge in [-0.25, -0.2) is 4.79 Å². The molecule has 9 nitrogen and oxygen atoms in total. The molecular weight excluding hydrogens is 318 g/mol. The zero-order chi connectivity index (χ0) is 17.9. The number of fused-ring (bicyclic) bond motifs is 1. The second-order valence-corrected chi connectivity index (χ2v) is 4.73. The summed E-state index contributed by atoms with van der Waals surface area (Å²) in [4.78, 5) is 46.9. The summed E-state index contributed by atoms with van der Waals surface area (Å²) in [6.07, 6.45) is 0. The molecule has 0 radical (unpaired) electrons. The molecule has 1 heterocycles. The van der Waals surface area contributed by atoms with E-state index in [1.54, 1.807) is 18.2 Å². The summed E-state index contributed by atoms with van der Waals surface area (Å²) >= 11 is 0. The molecule has 0 spiro atoms. The van der Waals surface area contributed by atoms with Gasteiger partial charge >= 0.3 is 11.9 Å². The zero-order valence-corrected chi connectivity index (χ0v) is 13.0. The van der Waals surface area contributed by atoms with E-state index >= 15 is 0 Å². The molecular formula is C15H15N3O6. The number of rotatable bonds is 2. The van der Waals surface area contributed by atoms with E-state index in [-0.39, 0.29) is 6.61 Å². The number of pyridine rings is 1. The summed E-state index contributed by atoms with van der Waals surface area (Å²) in [7, 11) is 1.44. The normalized spacial score (nSPS) is 10.2. The molecule has 2 amide bonds. The highest BCUT2D eigenvalue weighted by Gasteiger charge is 2.22. The Morgan fingerprint density at radius 2 is 1.88 bits per heavy atom. The number of ether oxygens (including phenoxy) is 1. The monoisotopic (exact) mass is 333 g/mol. The van der Waals surface area contributed by atoms with E-state index in [1.807, 2.05) is 10.9 Å². The van der Waals surface area contributed by atoms with Crippen molar-refractivity contribution in [3.05, 3.63) is 40.2 Å². The molecule has 0 fully saturated rings. The number of aromatic hydroxyl groups is 1. The van der Waals surface area contributed by atoms with Gasteiger partial charge in [-0.15, -0.1) is 0 Å². The van der Waals surface area contributed by atoms with Crippen molar-refractivity contribution >= 4 is 28.7 Å². The third kappa shape index (κ3) is 3.05. The van der Waals surface area contributed by atoms with Crippen molar-refractivity contribution in [2.45, 2.75) is 6.92 Å². The average molecular weight is 333 g/mol.